The largest absolute Gasteiger partial charge is 0.330 e. The molecule has 1 unspecified atom stereocenters. The van der Waals surface area contributed by atoms with Gasteiger partial charge in [0.05, 0.1) is 5.51 Å². The van der Waals surface area contributed by atoms with Crippen LogP contribution in [0.3, 0.4) is 0 Å². The first-order chi connectivity index (χ1) is 8.30. The summed E-state index contributed by atoms with van der Waals surface area (Å²) in [4.78, 5) is 5.45. The van der Waals surface area contributed by atoms with Gasteiger partial charge >= 0.3 is 0 Å². The van der Waals surface area contributed by atoms with Crippen molar-refractivity contribution in [2.75, 3.05) is 6.54 Å². The van der Waals surface area contributed by atoms with Crippen LogP contribution in [0.15, 0.2) is 42.0 Å². The SMILES string of the molecule is CCC(CN)(Cc1cncs1)c1ccccc1. The predicted octanol–water partition coefficient (Wildman–Crippen LogP) is 2.99. The molecule has 0 radical (unpaired) electrons. The van der Waals surface area contributed by atoms with Gasteiger partial charge in [0, 0.05) is 23.0 Å². The number of benzene rings is 1. The Hall–Kier alpha value is -1.19. The normalized spacial score (nSPS) is 14.5. The first-order valence-corrected chi connectivity index (χ1v) is 6.81. The summed E-state index contributed by atoms with van der Waals surface area (Å²) in [5, 5.41) is 0. The maximum absolute atomic E-state index is 6.05. The van der Waals surface area contributed by atoms with Crippen molar-refractivity contribution in [2.24, 2.45) is 5.73 Å². The second-order valence-corrected chi connectivity index (χ2v) is 5.32. The van der Waals surface area contributed by atoms with E-state index in [9.17, 15) is 0 Å². The lowest BCUT2D eigenvalue weighted by Crippen LogP contribution is -2.36. The third-order valence-electron chi connectivity index (χ3n) is 3.45. The molecular formula is C14H18N2S. The van der Waals surface area contributed by atoms with E-state index in [1.165, 1.54) is 10.4 Å². The second-order valence-electron chi connectivity index (χ2n) is 4.35. The van der Waals surface area contributed by atoms with Crippen LogP contribution in [0.4, 0.5) is 0 Å². The highest BCUT2D eigenvalue weighted by atomic mass is 32.1. The molecule has 0 aliphatic heterocycles. The van der Waals surface area contributed by atoms with E-state index in [0.717, 1.165) is 12.8 Å². The first-order valence-electron chi connectivity index (χ1n) is 5.94. The lowest BCUT2D eigenvalue weighted by atomic mass is 9.75. The van der Waals surface area contributed by atoms with Crippen LogP contribution in [-0.2, 0) is 11.8 Å². The van der Waals surface area contributed by atoms with Crippen molar-refractivity contribution >= 4 is 11.3 Å². The van der Waals surface area contributed by atoms with Gasteiger partial charge in [-0.3, -0.25) is 4.98 Å². The minimum atomic E-state index is 0.0494. The van der Waals surface area contributed by atoms with Crippen LogP contribution < -0.4 is 5.73 Å². The molecule has 90 valence electrons. The Labute approximate surface area is 107 Å². The molecule has 2 rings (SSSR count). The number of hydrogen-bond donors (Lipinski definition) is 1. The van der Waals surface area contributed by atoms with Gasteiger partial charge in [-0.25, -0.2) is 0 Å². The third-order valence-corrected chi connectivity index (χ3v) is 4.23. The van der Waals surface area contributed by atoms with E-state index in [4.69, 9.17) is 5.73 Å². The molecule has 0 saturated heterocycles. The highest BCUT2D eigenvalue weighted by Gasteiger charge is 2.29. The monoisotopic (exact) mass is 246 g/mol. The van der Waals surface area contributed by atoms with Crippen LogP contribution in [0.2, 0.25) is 0 Å². The van der Waals surface area contributed by atoms with Gasteiger partial charge in [-0.2, -0.15) is 0 Å². The van der Waals surface area contributed by atoms with Gasteiger partial charge in [0.25, 0.3) is 0 Å². The molecule has 0 fully saturated rings. The van der Waals surface area contributed by atoms with E-state index in [1.807, 2.05) is 17.8 Å². The van der Waals surface area contributed by atoms with Crippen molar-refractivity contribution in [2.45, 2.75) is 25.2 Å². The van der Waals surface area contributed by atoms with Crippen LogP contribution in [0.25, 0.3) is 0 Å². The average Bonchev–Trinajstić information content (AvgIpc) is 2.90. The van der Waals surface area contributed by atoms with E-state index in [0.29, 0.717) is 6.54 Å². The zero-order chi connectivity index (χ0) is 12.1. The molecule has 1 aromatic heterocycles. The van der Waals surface area contributed by atoms with Crippen molar-refractivity contribution < 1.29 is 0 Å². The zero-order valence-corrected chi connectivity index (χ0v) is 10.9. The van der Waals surface area contributed by atoms with Gasteiger partial charge in [-0.05, 0) is 18.4 Å². The van der Waals surface area contributed by atoms with E-state index in [-0.39, 0.29) is 5.41 Å². The highest BCUT2D eigenvalue weighted by Crippen LogP contribution is 2.31. The van der Waals surface area contributed by atoms with E-state index in [2.05, 4.69) is 36.2 Å². The van der Waals surface area contributed by atoms with Crippen LogP contribution in [-0.4, -0.2) is 11.5 Å². The van der Waals surface area contributed by atoms with Gasteiger partial charge in [0.2, 0.25) is 0 Å². The quantitative estimate of drug-likeness (QED) is 0.881. The first kappa shape index (κ1) is 12.3. The molecule has 17 heavy (non-hydrogen) atoms. The molecule has 2 aromatic rings. The topological polar surface area (TPSA) is 38.9 Å². The summed E-state index contributed by atoms with van der Waals surface area (Å²) < 4.78 is 0. The molecule has 0 aliphatic rings. The summed E-state index contributed by atoms with van der Waals surface area (Å²) in [6.07, 6.45) is 3.98. The Morgan fingerprint density at radius 3 is 2.59 bits per heavy atom. The molecule has 1 atom stereocenters. The minimum absolute atomic E-state index is 0.0494. The lowest BCUT2D eigenvalue weighted by Gasteiger charge is -2.31. The Kier molecular flexibility index (Phi) is 3.92. The van der Waals surface area contributed by atoms with Crippen LogP contribution >= 0.6 is 11.3 Å². The average molecular weight is 246 g/mol. The van der Waals surface area contributed by atoms with Crippen molar-refractivity contribution in [3.8, 4) is 0 Å². The molecule has 2 N–H and O–H groups in total. The summed E-state index contributed by atoms with van der Waals surface area (Å²) in [6.45, 7) is 2.88. The summed E-state index contributed by atoms with van der Waals surface area (Å²) in [5.74, 6) is 0. The number of hydrogen-bond acceptors (Lipinski definition) is 3. The summed E-state index contributed by atoms with van der Waals surface area (Å²) >= 11 is 1.71. The third kappa shape index (κ3) is 2.56. The lowest BCUT2D eigenvalue weighted by molar-refractivity contribution is 0.421. The maximum atomic E-state index is 6.05. The minimum Gasteiger partial charge on any atom is -0.330 e. The van der Waals surface area contributed by atoms with E-state index < -0.39 is 0 Å². The molecule has 1 heterocycles. The molecule has 0 aliphatic carbocycles. The van der Waals surface area contributed by atoms with Crippen LogP contribution in [0.5, 0.6) is 0 Å². The predicted molar refractivity (Wildman–Crippen MR) is 73.3 cm³/mol. The molecule has 0 saturated carbocycles. The van der Waals surface area contributed by atoms with Crippen LogP contribution in [0.1, 0.15) is 23.8 Å². The van der Waals surface area contributed by atoms with Crippen molar-refractivity contribution in [3.05, 3.63) is 52.5 Å². The fraction of sp³-hybridized carbons (Fsp3) is 0.357. The van der Waals surface area contributed by atoms with Crippen LogP contribution in [0, 0.1) is 0 Å². The van der Waals surface area contributed by atoms with Gasteiger partial charge in [-0.15, -0.1) is 11.3 Å². The fourth-order valence-electron chi connectivity index (χ4n) is 2.22. The number of nitrogens with zero attached hydrogens (tertiary/aromatic N) is 1. The molecule has 1 aromatic carbocycles. The molecule has 0 bridgehead atoms. The molecular weight excluding hydrogens is 228 g/mol. The smallest absolute Gasteiger partial charge is 0.0794 e. The molecule has 2 nitrogen and oxygen atoms in total. The summed E-state index contributed by atoms with van der Waals surface area (Å²) in [6, 6.07) is 10.6. The Morgan fingerprint density at radius 2 is 2.06 bits per heavy atom. The molecule has 3 heteroatoms. The van der Waals surface area contributed by atoms with Gasteiger partial charge < -0.3 is 5.73 Å². The maximum Gasteiger partial charge on any atom is 0.0794 e. The van der Waals surface area contributed by atoms with Crippen molar-refractivity contribution in [1.29, 1.82) is 0 Å². The molecule has 0 spiro atoms. The molecule has 0 amide bonds. The summed E-state index contributed by atoms with van der Waals surface area (Å²) in [7, 11) is 0. The fourth-order valence-corrected chi connectivity index (χ4v) is 2.96. The second kappa shape index (κ2) is 5.43. The standard InChI is InChI=1S/C14H18N2S/c1-2-14(10-15,8-13-9-16-11-17-13)12-6-4-3-5-7-12/h3-7,9,11H,2,8,10,15H2,1H3. The van der Waals surface area contributed by atoms with Gasteiger partial charge in [0.1, 0.15) is 0 Å². The highest BCUT2D eigenvalue weighted by molar-refractivity contribution is 7.09. The van der Waals surface area contributed by atoms with Crippen molar-refractivity contribution in [3.63, 3.8) is 0 Å². The Bertz CT molecular complexity index is 433. The number of nitrogens with two attached hydrogens (primary N) is 1. The van der Waals surface area contributed by atoms with Gasteiger partial charge in [0.15, 0.2) is 0 Å². The summed E-state index contributed by atoms with van der Waals surface area (Å²) in [5.41, 5.74) is 9.32. The van der Waals surface area contributed by atoms with E-state index in [1.54, 1.807) is 11.3 Å². The van der Waals surface area contributed by atoms with Gasteiger partial charge in [-0.1, -0.05) is 37.3 Å². The number of rotatable bonds is 5. The zero-order valence-electron chi connectivity index (χ0n) is 10.1. The number of aromatic nitrogens is 1. The Morgan fingerprint density at radius 1 is 1.29 bits per heavy atom. The Balaban J connectivity index is 2.32. The van der Waals surface area contributed by atoms with E-state index >= 15 is 0 Å². The van der Waals surface area contributed by atoms with Crippen molar-refractivity contribution in [1.82, 2.24) is 4.98 Å². The number of thiazole rings is 1.